The van der Waals surface area contributed by atoms with E-state index < -0.39 is 30.0 Å². The predicted molar refractivity (Wildman–Crippen MR) is 107 cm³/mol. The van der Waals surface area contributed by atoms with E-state index in [0.717, 1.165) is 9.48 Å². The monoisotopic (exact) mass is 480 g/mol. The third-order valence-electron chi connectivity index (χ3n) is 5.05. The number of rotatable bonds is 5. The van der Waals surface area contributed by atoms with Crippen LogP contribution < -0.4 is 10.6 Å². The molecule has 1 aromatic carbocycles. The predicted octanol–water partition coefficient (Wildman–Crippen LogP) is 0.913. The molecule has 0 saturated carbocycles. The third kappa shape index (κ3) is 4.78. The largest absolute Gasteiger partial charge is 0.465 e. The fraction of sp³-hybridized carbons (Fsp3) is 0.421. The van der Waals surface area contributed by atoms with Crippen LogP contribution in [0.5, 0.6) is 0 Å². The molecule has 0 aromatic heterocycles. The van der Waals surface area contributed by atoms with E-state index in [1.54, 1.807) is 24.3 Å². The van der Waals surface area contributed by atoms with Crippen molar-refractivity contribution in [3.63, 3.8) is 0 Å². The van der Waals surface area contributed by atoms with Gasteiger partial charge in [-0.1, -0.05) is 28.1 Å². The Kier molecular flexibility index (Phi) is 6.70. The molecule has 10 nitrogen and oxygen atoms in total. The molecule has 2 aliphatic heterocycles. The summed E-state index contributed by atoms with van der Waals surface area (Å²) in [6.07, 6.45) is -0.567. The van der Waals surface area contributed by atoms with Crippen LogP contribution >= 0.6 is 15.9 Å². The van der Waals surface area contributed by atoms with E-state index in [2.05, 4.69) is 26.6 Å². The third-order valence-corrected chi connectivity index (χ3v) is 5.58. The van der Waals surface area contributed by atoms with Crippen LogP contribution in [0.2, 0.25) is 0 Å². The van der Waals surface area contributed by atoms with Crippen LogP contribution in [0.15, 0.2) is 28.7 Å². The Morgan fingerprint density at radius 3 is 2.50 bits per heavy atom. The molecule has 0 radical (unpaired) electrons. The van der Waals surface area contributed by atoms with E-state index in [0.29, 0.717) is 18.4 Å². The van der Waals surface area contributed by atoms with E-state index in [1.807, 2.05) is 0 Å². The van der Waals surface area contributed by atoms with Crippen LogP contribution in [0, 0.1) is 0 Å². The van der Waals surface area contributed by atoms with E-state index in [4.69, 9.17) is 5.11 Å². The molecule has 30 heavy (non-hydrogen) atoms. The van der Waals surface area contributed by atoms with Gasteiger partial charge in [0.1, 0.15) is 12.1 Å². The highest BCUT2D eigenvalue weighted by atomic mass is 79.9. The van der Waals surface area contributed by atoms with Gasteiger partial charge in [0.15, 0.2) is 5.78 Å². The number of carbonyl (C=O) groups is 5. The topological polar surface area (TPSA) is 136 Å². The molecule has 3 N–H and O–H groups in total. The SMILES string of the molecule is O=C(O)N[C@H]1CCC(=O)N2CCC[C@@H](C(=O)NCC(=O)c3ccc(Br)cc3)N2C1=O. The first-order valence-corrected chi connectivity index (χ1v) is 10.3. The first kappa shape index (κ1) is 21.8. The standard InChI is InChI=1S/C19H21BrN4O6/c20-12-5-3-11(4-6-12)15(25)10-21-17(27)14-2-1-9-23-16(26)8-7-13(22-19(29)30)18(28)24(14)23/h3-6,13-14,22H,1-2,7-10H2,(H,21,27)(H,29,30)/t13-,14-/m0/s1. The molecule has 4 amide bonds. The van der Waals surface area contributed by atoms with Crippen molar-refractivity contribution in [2.24, 2.45) is 0 Å². The molecule has 160 valence electrons. The normalized spacial score (nSPS) is 21.5. The fourth-order valence-corrected chi connectivity index (χ4v) is 3.84. The van der Waals surface area contributed by atoms with Gasteiger partial charge in [0.2, 0.25) is 11.8 Å². The summed E-state index contributed by atoms with van der Waals surface area (Å²) in [6.45, 7) is 0.00964. The highest BCUT2D eigenvalue weighted by Crippen LogP contribution is 2.25. The zero-order valence-corrected chi connectivity index (χ0v) is 17.6. The van der Waals surface area contributed by atoms with Crippen molar-refractivity contribution in [2.45, 2.75) is 37.8 Å². The average molecular weight is 481 g/mol. The number of Topliss-reactive ketones (excluding diaryl/α,β-unsaturated/α-hetero) is 1. The number of carboxylic acid groups (broad SMARTS) is 1. The van der Waals surface area contributed by atoms with Crippen molar-refractivity contribution in [1.82, 2.24) is 20.7 Å². The summed E-state index contributed by atoms with van der Waals surface area (Å²) in [6, 6.07) is 4.56. The van der Waals surface area contributed by atoms with Gasteiger partial charge in [-0.2, -0.15) is 0 Å². The Bertz CT molecular complexity index is 874. The molecule has 0 unspecified atom stereocenters. The zero-order chi connectivity index (χ0) is 21.8. The number of amides is 4. The van der Waals surface area contributed by atoms with Crippen molar-refractivity contribution in [3.8, 4) is 0 Å². The van der Waals surface area contributed by atoms with E-state index in [1.165, 1.54) is 5.01 Å². The van der Waals surface area contributed by atoms with Crippen LogP contribution in [-0.4, -0.2) is 69.9 Å². The highest BCUT2D eigenvalue weighted by Gasteiger charge is 2.44. The Morgan fingerprint density at radius 1 is 1.13 bits per heavy atom. The summed E-state index contributed by atoms with van der Waals surface area (Å²) in [4.78, 5) is 61.5. The number of fused-ring (bicyclic) bond motifs is 1. The number of hydrazine groups is 1. The van der Waals surface area contributed by atoms with E-state index in [9.17, 15) is 24.0 Å². The summed E-state index contributed by atoms with van der Waals surface area (Å²) in [7, 11) is 0. The van der Waals surface area contributed by atoms with Crippen LogP contribution in [0.25, 0.3) is 0 Å². The maximum absolute atomic E-state index is 12.9. The second-order valence-electron chi connectivity index (χ2n) is 7.05. The fourth-order valence-electron chi connectivity index (χ4n) is 3.58. The van der Waals surface area contributed by atoms with Gasteiger partial charge in [-0.25, -0.2) is 9.80 Å². The first-order chi connectivity index (χ1) is 14.3. The Labute approximate surface area is 180 Å². The lowest BCUT2D eigenvalue weighted by molar-refractivity contribution is -0.175. The molecule has 11 heteroatoms. The Balaban J connectivity index is 1.72. The maximum atomic E-state index is 12.9. The lowest BCUT2D eigenvalue weighted by atomic mass is 10.1. The summed E-state index contributed by atoms with van der Waals surface area (Å²) in [5.41, 5.74) is 0.426. The Morgan fingerprint density at radius 2 is 1.83 bits per heavy atom. The number of halogens is 1. The van der Waals surface area contributed by atoms with Gasteiger partial charge in [0.25, 0.3) is 5.91 Å². The summed E-state index contributed by atoms with van der Waals surface area (Å²) >= 11 is 3.29. The number of benzene rings is 1. The van der Waals surface area contributed by atoms with Crippen molar-refractivity contribution in [2.75, 3.05) is 13.1 Å². The summed E-state index contributed by atoms with van der Waals surface area (Å²) < 4.78 is 0.819. The molecular formula is C19H21BrN4O6. The minimum Gasteiger partial charge on any atom is -0.465 e. The number of ketones is 1. The first-order valence-electron chi connectivity index (χ1n) is 9.47. The van der Waals surface area contributed by atoms with Gasteiger partial charge in [-0.15, -0.1) is 0 Å². The average Bonchev–Trinajstić information content (AvgIpc) is 2.84. The van der Waals surface area contributed by atoms with Crippen LogP contribution in [0.4, 0.5) is 4.79 Å². The molecule has 2 saturated heterocycles. The van der Waals surface area contributed by atoms with Gasteiger partial charge < -0.3 is 15.7 Å². The molecule has 1 aromatic rings. The van der Waals surface area contributed by atoms with Crippen molar-refractivity contribution < 1.29 is 29.1 Å². The minimum atomic E-state index is -1.38. The number of nitrogens with zero attached hydrogens (tertiary/aromatic N) is 2. The molecule has 2 aliphatic rings. The van der Waals surface area contributed by atoms with Gasteiger partial charge in [0, 0.05) is 23.0 Å². The molecule has 0 aliphatic carbocycles. The van der Waals surface area contributed by atoms with E-state index >= 15 is 0 Å². The number of nitrogens with one attached hydrogen (secondary N) is 2. The highest BCUT2D eigenvalue weighted by molar-refractivity contribution is 9.10. The molecule has 2 atom stereocenters. The van der Waals surface area contributed by atoms with Crippen molar-refractivity contribution >= 4 is 45.5 Å². The second-order valence-corrected chi connectivity index (χ2v) is 7.96. The zero-order valence-electron chi connectivity index (χ0n) is 16.0. The molecule has 0 bridgehead atoms. The van der Waals surface area contributed by atoms with Crippen molar-refractivity contribution in [3.05, 3.63) is 34.3 Å². The lowest BCUT2D eigenvalue weighted by Crippen LogP contribution is -2.63. The smallest absolute Gasteiger partial charge is 0.405 e. The maximum Gasteiger partial charge on any atom is 0.405 e. The minimum absolute atomic E-state index is 0.0103. The number of hydrogen-bond donors (Lipinski definition) is 3. The van der Waals surface area contributed by atoms with Gasteiger partial charge in [-0.05, 0) is 31.4 Å². The number of hydrogen-bond acceptors (Lipinski definition) is 5. The molecule has 0 spiro atoms. The van der Waals surface area contributed by atoms with Crippen molar-refractivity contribution in [1.29, 1.82) is 0 Å². The van der Waals surface area contributed by atoms with Crippen LogP contribution in [-0.2, 0) is 14.4 Å². The quantitative estimate of drug-likeness (QED) is 0.535. The Hall–Kier alpha value is -2.95. The second kappa shape index (κ2) is 9.24. The van der Waals surface area contributed by atoms with Crippen LogP contribution in [0.3, 0.4) is 0 Å². The van der Waals surface area contributed by atoms with E-state index in [-0.39, 0.29) is 37.6 Å². The van der Waals surface area contributed by atoms with Gasteiger partial charge >= 0.3 is 6.09 Å². The van der Waals surface area contributed by atoms with Gasteiger partial charge in [0.05, 0.1) is 6.54 Å². The molecule has 3 rings (SSSR count). The molecule has 2 heterocycles. The lowest BCUT2D eigenvalue weighted by Gasteiger charge is -2.42. The summed E-state index contributed by atoms with van der Waals surface area (Å²) in [5, 5.41) is 15.9. The molecular weight excluding hydrogens is 460 g/mol. The van der Waals surface area contributed by atoms with Gasteiger partial charge in [-0.3, -0.25) is 24.2 Å². The number of carbonyl (C=O) groups excluding carboxylic acids is 4. The summed E-state index contributed by atoms with van der Waals surface area (Å²) in [5.74, 6) is -1.86. The molecule has 2 fully saturated rings. The van der Waals surface area contributed by atoms with Crippen LogP contribution in [0.1, 0.15) is 36.0 Å².